The van der Waals surface area contributed by atoms with Gasteiger partial charge in [-0.1, -0.05) is 23.7 Å². The van der Waals surface area contributed by atoms with Crippen LogP contribution in [0.3, 0.4) is 0 Å². The van der Waals surface area contributed by atoms with E-state index in [0.717, 1.165) is 0 Å². The van der Waals surface area contributed by atoms with Gasteiger partial charge in [0, 0.05) is 11.1 Å². The van der Waals surface area contributed by atoms with Crippen LogP contribution in [0.1, 0.15) is 23.0 Å². The van der Waals surface area contributed by atoms with Gasteiger partial charge in [-0.05, 0) is 67.7 Å². The van der Waals surface area contributed by atoms with E-state index in [0.29, 0.717) is 29.4 Å². The number of aromatic carboxylic acids is 1. The molecule has 1 fully saturated rings. The third-order valence-corrected chi connectivity index (χ3v) is 5.49. The van der Waals surface area contributed by atoms with Gasteiger partial charge in [-0.3, -0.25) is 19.8 Å². The van der Waals surface area contributed by atoms with Crippen LogP contribution < -0.4 is 20.1 Å². The zero-order chi connectivity index (χ0) is 24.4. The number of rotatable bonds is 6. The number of carboxylic acids is 1. The number of thiocarbonyl (C=S) groups is 1. The molecule has 2 aromatic carbocycles. The van der Waals surface area contributed by atoms with Gasteiger partial charge in [-0.15, -0.1) is 0 Å². The number of ether oxygens (including phenoxy) is 1. The molecule has 0 spiro atoms. The summed E-state index contributed by atoms with van der Waals surface area (Å²) in [6.07, 6.45) is 1.31. The molecular formula is C24H16ClN2O6S-. The first-order valence-corrected chi connectivity index (χ1v) is 10.8. The quantitative estimate of drug-likeness (QED) is 0.317. The molecule has 0 aliphatic carbocycles. The zero-order valence-corrected chi connectivity index (χ0v) is 19.2. The zero-order valence-electron chi connectivity index (χ0n) is 17.7. The first kappa shape index (κ1) is 23.2. The highest BCUT2D eigenvalue weighted by Crippen LogP contribution is 2.29. The van der Waals surface area contributed by atoms with E-state index in [-0.39, 0.29) is 27.0 Å². The minimum atomic E-state index is -1.39. The molecule has 0 radical (unpaired) electrons. The van der Waals surface area contributed by atoms with Gasteiger partial charge in [0.25, 0.3) is 11.8 Å². The molecule has 2 amide bonds. The number of benzene rings is 2. The van der Waals surface area contributed by atoms with Crippen molar-refractivity contribution in [1.29, 1.82) is 0 Å². The number of nitrogens with zero attached hydrogens (tertiary/aromatic N) is 1. The lowest BCUT2D eigenvalue weighted by atomic mass is 10.1. The van der Waals surface area contributed by atoms with Gasteiger partial charge in [-0.25, -0.2) is 0 Å². The van der Waals surface area contributed by atoms with Crippen LogP contribution in [0, 0.1) is 0 Å². The molecule has 0 atom stereocenters. The van der Waals surface area contributed by atoms with Crippen molar-refractivity contribution >= 4 is 58.5 Å². The van der Waals surface area contributed by atoms with Crippen molar-refractivity contribution in [1.82, 2.24) is 5.32 Å². The summed E-state index contributed by atoms with van der Waals surface area (Å²) in [6.45, 7) is 2.36. The van der Waals surface area contributed by atoms with Gasteiger partial charge in [0.2, 0.25) is 0 Å². The summed E-state index contributed by atoms with van der Waals surface area (Å²) in [5, 5.41) is 13.5. The van der Waals surface area contributed by atoms with Crippen molar-refractivity contribution < 1.29 is 28.6 Å². The topological polar surface area (TPSA) is 112 Å². The summed E-state index contributed by atoms with van der Waals surface area (Å²) < 4.78 is 11.1. The third-order valence-electron chi connectivity index (χ3n) is 4.89. The Balaban J connectivity index is 1.62. The molecule has 172 valence electrons. The molecule has 3 aromatic rings. The van der Waals surface area contributed by atoms with Gasteiger partial charge in [0.15, 0.2) is 5.11 Å². The van der Waals surface area contributed by atoms with Crippen LogP contribution in [0.25, 0.3) is 17.4 Å². The molecule has 2 heterocycles. The SMILES string of the molecule is CCOc1ccc(N2C(=O)/C(=C/c3ccc(-c4ccc(C(=O)[O-])c(Cl)c4)o3)C(=O)NC2=S)cc1. The fraction of sp³-hybridized carbons (Fsp3) is 0.0833. The molecule has 4 rings (SSSR count). The van der Waals surface area contributed by atoms with Crippen molar-refractivity contribution in [3.8, 4) is 17.1 Å². The number of carbonyl (C=O) groups is 3. The number of halogens is 1. The van der Waals surface area contributed by atoms with Crippen LogP contribution in [0.15, 0.2) is 64.6 Å². The number of anilines is 1. The second-order valence-corrected chi connectivity index (χ2v) is 7.86. The molecular weight excluding hydrogens is 480 g/mol. The average molecular weight is 496 g/mol. The smallest absolute Gasteiger partial charge is 0.270 e. The van der Waals surface area contributed by atoms with E-state index in [9.17, 15) is 19.5 Å². The van der Waals surface area contributed by atoms with Crippen LogP contribution in [-0.4, -0.2) is 29.5 Å². The molecule has 1 aliphatic heterocycles. The van der Waals surface area contributed by atoms with E-state index in [1.807, 2.05) is 6.92 Å². The van der Waals surface area contributed by atoms with Crippen molar-refractivity contribution in [2.45, 2.75) is 6.92 Å². The molecule has 0 unspecified atom stereocenters. The molecule has 0 bridgehead atoms. The molecule has 34 heavy (non-hydrogen) atoms. The molecule has 10 heteroatoms. The van der Waals surface area contributed by atoms with E-state index >= 15 is 0 Å². The first-order chi connectivity index (χ1) is 16.3. The Morgan fingerprint density at radius 1 is 1.18 bits per heavy atom. The van der Waals surface area contributed by atoms with E-state index in [1.165, 1.54) is 29.2 Å². The number of hydrogen-bond acceptors (Lipinski definition) is 7. The summed E-state index contributed by atoms with van der Waals surface area (Å²) >= 11 is 11.2. The number of carboxylic acid groups (broad SMARTS) is 1. The van der Waals surface area contributed by atoms with Crippen molar-refractivity contribution in [3.63, 3.8) is 0 Å². The molecule has 1 aromatic heterocycles. The van der Waals surface area contributed by atoms with Gasteiger partial charge < -0.3 is 19.1 Å². The minimum absolute atomic E-state index is 0.00449. The highest BCUT2D eigenvalue weighted by molar-refractivity contribution is 7.80. The average Bonchev–Trinajstić information content (AvgIpc) is 3.26. The van der Waals surface area contributed by atoms with Gasteiger partial charge in [0.05, 0.1) is 23.3 Å². The predicted octanol–water partition coefficient (Wildman–Crippen LogP) is 3.19. The number of hydrogen-bond donors (Lipinski definition) is 1. The largest absolute Gasteiger partial charge is 0.545 e. The van der Waals surface area contributed by atoms with E-state index in [4.69, 9.17) is 33.0 Å². The second-order valence-electron chi connectivity index (χ2n) is 7.07. The summed E-state index contributed by atoms with van der Waals surface area (Å²) in [5.41, 5.74) is 0.659. The fourth-order valence-electron chi connectivity index (χ4n) is 3.31. The summed E-state index contributed by atoms with van der Waals surface area (Å²) in [6, 6.07) is 14.1. The Labute approximate surface area is 204 Å². The van der Waals surface area contributed by atoms with Gasteiger partial charge in [-0.2, -0.15) is 0 Å². The lowest BCUT2D eigenvalue weighted by Gasteiger charge is -2.28. The van der Waals surface area contributed by atoms with Crippen LogP contribution in [0.2, 0.25) is 5.02 Å². The summed E-state index contributed by atoms with van der Waals surface area (Å²) in [4.78, 5) is 37.9. The van der Waals surface area contributed by atoms with Gasteiger partial charge >= 0.3 is 0 Å². The molecule has 1 N–H and O–H groups in total. The Bertz CT molecular complexity index is 1350. The highest BCUT2D eigenvalue weighted by atomic mass is 35.5. The number of nitrogens with one attached hydrogen (secondary N) is 1. The Morgan fingerprint density at radius 2 is 1.91 bits per heavy atom. The molecule has 1 saturated heterocycles. The van der Waals surface area contributed by atoms with Crippen LogP contribution in [0.5, 0.6) is 5.75 Å². The summed E-state index contributed by atoms with van der Waals surface area (Å²) in [7, 11) is 0. The number of amides is 2. The van der Waals surface area contributed by atoms with Crippen LogP contribution in [-0.2, 0) is 9.59 Å². The van der Waals surface area contributed by atoms with Crippen molar-refractivity contribution in [2.75, 3.05) is 11.5 Å². The van der Waals surface area contributed by atoms with Crippen molar-refractivity contribution in [3.05, 3.63) is 76.5 Å². The monoisotopic (exact) mass is 495 g/mol. The molecule has 0 saturated carbocycles. The molecule has 1 aliphatic rings. The molecule has 8 nitrogen and oxygen atoms in total. The lowest BCUT2D eigenvalue weighted by Crippen LogP contribution is -2.54. The van der Waals surface area contributed by atoms with E-state index in [2.05, 4.69) is 5.32 Å². The standard InChI is InChI=1S/C24H17ClN2O6S/c1-2-32-15-6-4-14(5-7-15)27-22(29)18(21(28)26-24(27)34)12-16-8-10-20(33-16)13-3-9-17(23(30)31)19(25)11-13/h3-12H,2H2,1H3,(H,30,31)(H,26,28,34)/p-1/b18-12+. The maximum absolute atomic E-state index is 13.1. The minimum Gasteiger partial charge on any atom is -0.545 e. The number of carbonyl (C=O) groups excluding carboxylic acids is 3. The van der Waals surface area contributed by atoms with Crippen LogP contribution in [0.4, 0.5) is 5.69 Å². The maximum Gasteiger partial charge on any atom is 0.270 e. The van der Waals surface area contributed by atoms with Crippen LogP contribution >= 0.6 is 23.8 Å². The lowest BCUT2D eigenvalue weighted by molar-refractivity contribution is -0.255. The van der Waals surface area contributed by atoms with E-state index < -0.39 is 17.8 Å². The third kappa shape index (κ3) is 4.57. The first-order valence-electron chi connectivity index (χ1n) is 10.0. The van der Waals surface area contributed by atoms with Crippen molar-refractivity contribution in [2.24, 2.45) is 0 Å². The summed E-state index contributed by atoms with van der Waals surface area (Å²) in [5.74, 6) is -1.43. The Kier molecular flexibility index (Phi) is 6.49. The Morgan fingerprint density at radius 3 is 2.56 bits per heavy atom. The van der Waals surface area contributed by atoms with Gasteiger partial charge in [0.1, 0.15) is 22.8 Å². The maximum atomic E-state index is 13.1. The number of furan rings is 1. The second kappa shape index (κ2) is 9.50. The van der Waals surface area contributed by atoms with E-state index in [1.54, 1.807) is 36.4 Å². The predicted molar refractivity (Wildman–Crippen MR) is 127 cm³/mol. The fourth-order valence-corrected chi connectivity index (χ4v) is 3.85. The highest BCUT2D eigenvalue weighted by Gasteiger charge is 2.34. The Hall–Kier alpha value is -3.95. The normalized spacial score (nSPS) is 14.9.